The van der Waals surface area contributed by atoms with Gasteiger partial charge in [0.1, 0.15) is 28.4 Å². The molecule has 0 radical (unpaired) electrons. The number of imidazole rings is 1. The number of pyridine rings is 1. The summed E-state index contributed by atoms with van der Waals surface area (Å²) in [7, 11) is 0. The lowest BCUT2D eigenvalue weighted by molar-refractivity contribution is 0.0141. The Labute approximate surface area is 319 Å². The number of hydrogen-bond acceptors (Lipinski definition) is 12. The van der Waals surface area contributed by atoms with Gasteiger partial charge in [0.15, 0.2) is 5.65 Å². The maximum atomic E-state index is 13.3. The monoisotopic (exact) mass is 758 g/mol. The van der Waals surface area contributed by atoms with Crippen LogP contribution in [0.4, 0.5) is 22.1 Å². The van der Waals surface area contributed by atoms with E-state index in [2.05, 4.69) is 30.6 Å². The molecular weight excluding hydrogens is 708 g/mol. The zero-order valence-corrected chi connectivity index (χ0v) is 31.9. The first-order valence-corrected chi connectivity index (χ1v) is 18.1. The van der Waals surface area contributed by atoms with E-state index in [0.717, 1.165) is 19.6 Å². The minimum absolute atomic E-state index is 0.0468. The van der Waals surface area contributed by atoms with Crippen LogP contribution in [0.2, 0.25) is 0 Å². The maximum Gasteiger partial charge on any atom is 0.410 e. The van der Waals surface area contributed by atoms with Crippen LogP contribution in [0.3, 0.4) is 0 Å². The first-order chi connectivity index (χ1) is 26.1. The SMILES string of the molecule is CCn1nc(C)cc1C(=O)Nc1nc2nc(C(N)=O)ccc2n1C/C=C/CNc1c(N)cc(C(N)=O)cc1OCCCN1CCN(C(=O)OC(C)(C)C)CC1. The number of aryl methyl sites for hydroxylation is 2. The second kappa shape index (κ2) is 17.3. The van der Waals surface area contributed by atoms with E-state index >= 15 is 0 Å². The molecule has 55 heavy (non-hydrogen) atoms. The molecule has 1 saturated heterocycles. The van der Waals surface area contributed by atoms with Crippen LogP contribution in [0.25, 0.3) is 11.2 Å². The Morgan fingerprint density at radius 3 is 2.40 bits per heavy atom. The summed E-state index contributed by atoms with van der Waals surface area (Å²) < 4.78 is 15.0. The number of nitrogens with two attached hydrogens (primary N) is 3. The zero-order chi connectivity index (χ0) is 39.9. The van der Waals surface area contributed by atoms with Crippen molar-refractivity contribution in [2.45, 2.75) is 59.7 Å². The van der Waals surface area contributed by atoms with Crippen LogP contribution in [0.15, 0.2) is 42.5 Å². The number of ether oxygens (including phenoxy) is 2. The van der Waals surface area contributed by atoms with E-state index < -0.39 is 23.3 Å². The largest absolute Gasteiger partial charge is 0.491 e. The molecule has 0 saturated carbocycles. The normalized spacial score (nSPS) is 13.7. The molecule has 0 aliphatic carbocycles. The molecule has 18 nitrogen and oxygen atoms in total. The fraction of sp³-hybridized carbons (Fsp3) is 0.432. The highest BCUT2D eigenvalue weighted by atomic mass is 16.6. The highest BCUT2D eigenvalue weighted by Crippen LogP contribution is 2.33. The Kier molecular flexibility index (Phi) is 12.6. The van der Waals surface area contributed by atoms with Crippen molar-refractivity contribution < 1.29 is 28.7 Å². The van der Waals surface area contributed by atoms with Crippen molar-refractivity contribution in [1.29, 1.82) is 0 Å². The number of anilines is 3. The van der Waals surface area contributed by atoms with Gasteiger partial charge < -0.3 is 41.5 Å². The van der Waals surface area contributed by atoms with Gasteiger partial charge in [-0.25, -0.2) is 9.78 Å². The van der Waals surface area contributed by atoms with Crippen molar-refractivity contribution >= 4 is 52.3 Å². The predicted molar refractivity (Wildman–Crippen MR) is 208 cm³/mol. The number of benzene rings is 1. The van der Waals surface area contributed by atoms with E-state index in [1.165, 1.54) is 12.1 Å². The smallest absolute Gasteiger partial charge is 0.410 e. The van der Waals surface area contributed by atoms with Gasteiger partial charge in [-0.05, 0) is 71.4 Å². The van der Waals surface area contributed by atoms with Crippen molar-refractivity contribution in [1.82, 2.24) is 34.1 Å². The number of piperazine rings is 1. The number of allylic oxidation sites excluding steroid dienone is 1. The second-order valence-corrected chi connectivity index (χ2v) is 14.1. The molecule has 1 fully saturated rings. The predicted octanol–water partition coefficient (Wildman–Crippen LogP) is 2.98. The fourth-order valence-electron chi connectivity index (χ4n) is 6.02. The van der Waals surface area contributed by atoms with Gasteiger partial charge in [0, 0.05) is 57.9 Å². The Hall–Kier alpha value is -6.17. The third-order valence-electron chi connectivity index (χ3n) is 8.69. The molecule has 4 amide bonds. The standard InChI is InChI=1S/C37H50N12O6/c1-6-49-28(20-23(2)45-49)34(52)44-35-43-33-27(11-10-26(42-33)32(40)51)48(35)14-8-7-12-41-30-25(38)21-24(31(39)50)22-29(30)54-19-9-13-46-15-17-47(18-16-46)36(53)55-37(3,4)5/h7-8,10-11,20-22,41H,6,9,12-19,38H2,1-5H3,(H2,39,50)(H2,40,51)(H,42,43,44,52)/b8-7+. The van der Waals surface area contributed by atoms with E-state index in [9.17, 15) is 19.2 Å². The van der Waals surface area contributed by atoms with Crippen molar-refractivity contribution in [2.75, 3.05) is 62.2 Å². The quantitative estimate of drug-likeness (QED) is 0.0668. The van der Waals surface area contributed by atoms with Gasteiger partial charge in [0.25, 0.3) is 11.8 Å². The zero-order valence-electron chi connectivity index (χ0n) is 31.9. The summed E-state index contributed by atoms with van der Waals surface area (Å²) in [6.07, 6.45) is 4.12. The molecule has 0 atom stereocenters. The molecule has 4 heterocycles. The number of nitrogens with zero attached hydrogens (tertiary/aromatic N) is 7. The lowest BCUT2D eigenvalue weighted by atomic mass is 10.1. The summed E-state index contributed by atoms with van der Waals surface area (Å²) in [6, 6.07) is 7.93. The molecule has 0 unspecified atom stereocenters. The lowest BCUT2D eigenvalue weighted by Gasteiger charge is -2.35. The Balaban J connectivity index is 1.22. The average Bonchev–Trinajstić information content (AvgIpc) is 3.68. The summed E-state index contributed by atoms with van der Waals surface area (Å²) in [5.41, 5.74) is 19.8. The van der Waals surface area contributed by atoms with Gasteiger partial charge in [0.2, 0.25) is 11.9 Å². The number of primary amides is 2. The van der Waals surface area contributed by atoms with Gasteiger partial charge >= 0.3 is 6.09 Å². The van der Waals surface area contributed by atoms with Crippen LogP contribution in [-0.2, 0) is 17.8 Å². The van der Waals surface area contributed by atoms with E-state index in [1.807, 2.05) is 46.8 Å². The molecule has 1 aliphatic heterocycles. The molecule has 1 aromatic carbocycles. The molecule has 18 heteroatoms. The average molecular weight is 759 g/mol. The van der Waals surface area contributed by atoms with Gasteiger partial charge in [-0.1, -0.05) is 12.2 Å². The van der Waals surface area contributed by atoms with Crippen molar-refractivity contribution in [3.63, 3.8) is 0 Å². The van der Waals surface area contributed by atoms with Crippen LogP contribution in [0, 0.1) is 6.92 Å². The van der Waals surface area contributed by atoms with Crippen LogP contribution in [0.1, 0.15) is 71.1 Å². The third-order valence-corrected chi connectivity index (χ3v) is 8.69. The number of nitrogen functional groups attached to an aromatic ring is 1. The van der Waals surface area contributed by atoms with E-state index in [-0.39, 0.29) is 35.5 Å². The summed E-state index contributed by atoms with van der Waals surface area (Å²) in [5.74, 6) is -1.12. The molecule has 294 valence electrons. The van der Waals surface area contributed by atoms with E-state index in [4.69, 9.17) is 26.7 Å². The summed E-state index contributed by atoms with van der Waals surface area (Å²) in [5, 5.41) is 10.5. The number of aromatic nitrogens is 5. The number of hydrogen-bond donors (Lipinski definition) is 5. The van der Waals surface area contributed by atoms with Crippen LogP contribution in [-0.4, -0.2) is 109 Å². The first kappa shape index (κ1) is 40.0. The molecule has 8 N–H and O–H groups in total. The Bertz CT molecular complexity index is 2070. The third kappa shape index (κ3) is 10.3. The molecule has 3 aromatic heterocycles. The van der Waals surface area contributed by atoms with Crippen molar-refractivity contribution in [2.24, 2.45) is 11.5 Å². The lowest BCUT2D eigenvalue weighted by Crippen LogP contribution is -2.50. The molecule has 1 aliphatic rings. The highest BCUT2D eigenvalue weighted by molar-refractivity contribution is 6.03. The number of rotatable bonds is 15. The molecule has 5 rings (SSSR count). The molecule has 4 aromatic rings. The number of nitrogens with one attached hydrogen (secondary N) is 2. The van der Waals surface area contributed by atoms with Crippen LogP contribution >= 0.6 is 0 Å². The van der Waals surface area contributed by atoms with Gasteiger partial charge in [-0.15, -0.1) is 0 Å². The highest BCUT2D eigenvalue weighted by Gasteiger charge is 2.26. The summed E-state index contributed by atoms with van der Waals surface area (Å²) in [4.78, 5) is 62.3. The number of fused-ring (bicyclic) bond motifs is 1. The van der Waals surface area contributed by atoms with E-state index in [0.29, 0.717) is 73.2 Å². The maximum absolute atomic E-state index is 13.3. The number of carbonyl (C=O) groups excluding carboxylic acids is 4. The Morgan fingerprint density at radius 1 is 0.982 bits per heavy atom. The van der Waals surface area contributed by atoms with Crippen molar-refractivity contribution in [3.8, 4) is 5.75 Å². The minimum Gasteiger partial charge on any atom is -0.491 e. The molecular formula is C37H50N12O6. The second-order valence-electron chi connectivity index (χ2n) is 14.1. The number of carbonyl (C=O) groups is 4. The molecule has 0 spiro atoms. The first-order valence-electron chi connectivity index (χ1n) is 18.1. The van der Waals surface area contributed by atoms with Crippen LogP contribution in [0.5, 0.6) is 5.75 Å². The minimum atomic E-state index is -0.697. The topological polar surface area (TPSA) is 244 Å². The van der Waals surface area contributed by atoms with Crippen molar-refractivity contribution in [3.05, 3.63) is 65.1 Å². The Morgan fingerprint density at radius 2 is 1.73 bits per heavy atom. The molecule has 0 bridgehead atoms. The van der Waals surface area contributed by atoms with E-state index in [1.54, 1.807) is 32.3 Å². The van der Waals surface area contributed by atoms with Gasteiger partial charge in [-0.3, -0.25) is 29.3 Å². The fourth-order valence-corrected chi connectivity index (χ4v) is 6.02. The summed E-state index contributed by atoms with van der Waals surface area (Å²) >= 11 is 0. The number of amides is 4. The van der Waals surface area contributed by atoms with Gasteiger partial charge in [0.05, 0.1) is 23.5 Å². The summed E-state index contributed by atoms with van der Waals surface area (Å²) in [6.45, 7) is 14.1. The van der Waals surface area contributed by atoms with Crippen LogP contribution < -0.4 is 32.6 Å². The van der Waals surface area contributed by atoms with Gasteiger partial charge in [-0.2, -0.15) is 10.1 Å².